The molecule has 8 heteroatoms. The lowest BCUT2D eigenvalue weighted by Crippen LogP contribution is -2.49. The number of rotatable bonds is 5. The molecule has 0 radical (unpaired) electrons. The van der Waals surface area contributed by atoms with Crippen molar-refractivity contribution in [2.75, 3.05) is 19.8 Å². The van der Waals surface area contributed by atoms with Crippen LogP contribution in [0.2, 0.25) is 5.15 Å². The Labute approximate surface area is 120 Å². The van der Waals surface area contributed by atoms with Gasteiger partial charge in [0.05, 0.1) is 25.7 Å². The highest BCUT2D eigenvalue weighted by Gasteiger charge is 2.28. The van der Waals surface area contributed by atoms with E-state index >= 15 is 0 Å². The molecule has 1 aromatic heterocycles. The number of ether oxygens (including phenoxy) is 1. The highest BCUT2D eigenvalue weighted by atomic mass is 35.5. The predicted octanol–water partition coefficient (Wildman–Crippen LogP) is 0.963. The molecular formula is C12H15ClN2O5. The molecule has 7 nitrogen and oxygen atoms in total. The van der Waals surface area contributed by atoms with Crippen LogP contribution >= 0.6 is 11.6 Å². The van der Waals surface area contributed by atoms with Crippen molar-refractivity contribution in [2.24, 2.45) is 0 Å². The number of carboxylic acid groups (broad SMARTS) is 1. The summed E-state index contributed by atoms with van der Waals surface area (Å²) >= 11 is 5.62. The first kappa shape index (κ1) is 14.8. The molecular weight excluding hydrogens is 288 g/mol. The lowest BCUT2D eigenvalue weighted by Gasteiger charge is -2.34. The van der Waals surface area contributed by atoms with Gasteiger partial charge >= 0.3 is 5.97 Å². The Balaban J connectivity index is 1.90. The van der Waals surface area contributed by atoms with E-state index in [1.165, 1.54) is 0 Å². The number of aryl methyl sites for hydroxylation is 1. The van der Waals surface area contributed by atoms with E-state index < -0.39 is 12.0 Å². The maximum Gasteiger partial charge on any atom is 0.305 e. The van der Waals surface area contributed by atoms with Gasteiger partial charge in [-0.3, -0.25) is 9.59 Å². The summed E-state index contributed by atoms with van der Waals surface area (Å²) in [7, 11) is 0. The summed E-state index contributed by atoms with van der Waals surface area (Å²) in [4.78, 5) is 24.5. The molecule has 1 aromatic rings. The Kier molecular flexibility index (Phi) is 4.97. The summed E-state index contributed by atoms with van der Waals surface area (Å²) in [6.45, 7) is 1.09. The Morgan fingerprint density at radius 3 is 3.00 bits per heavy atom. The molecule has 2 rings (SSSR count). The van der Waals surface area contributed by atoms with Crippen molar-refractivity contribution in [1.29, 1.82) is 0 Å². The van der Waals surface area contributed by atoms with Crippen LogP contribution in [0, 0.1) is 0 Å². The summed E-state index contributed by atoms with van der Waals surface area (Å²) in [6.07, 6.45) is 0.497. The zero-order valence-electron chi connectivity index (χ0n) is 10.7. The molecule has 1 unspecified atom stereocenters. The number of carboxylic acids is 1. The lowest BCUT2D eigenvalue weighted by atomic mass is 10.1. The fourth-order valence-corrected chi connectivity index (χ4v) is 2.29. The topological polar surface area (TPSA) is 92.9 Å². The molecule has 0 saturated carbocycles. The second kappa shape index (κ2) is 6.71. The van der Waals surface area contributed by atoms with E-state index in [9.17, 15) is 9.59 Å². The maximum atomic E-state index is 12.2. The number of amides is 1. The van der Waals surface area contributed by atoms with Crippen molar-refractivity contribution >= 4 is 23.5 Å². The number of nitrogens with zero attached hydrogens (tertiary/aromatic N) is 2. The van der Waals surface area contributed by atoms with Gasteiger partial charge in [0.25, 0.3) is 0 Å². The summed E-state index contributed by atoms with van der Waals surface area (Å²) in [6, 6.07) is 1.15. The van der Waals surface area contributed by atoms with E-state index in [-0.39, 0.29) is 30.5 Å². The van der Waals surface area contributed by atoms with Gasteiger partial charge in [-0.25, -0.2) is 0 Å². The van der Waals surface area contributed by atoms with Crippen molar-refractivity contribution in [3.05, 3.63) is 17.0 Å². The number of hydrogen-bond donors (Lipinski definition) is 1. The zero-order valence-corrected chi connectivity index (χ0v) is 11.5. The zero-order chi connectivity index (χ0) is 14.5. The number of aliphatic carboxylic acids is 1. The minimum Gasteiger partial charge on any atom is -0.481 e. The van der Waals surface area contributed by atoms with Gasteiger partial charge in [-0.1, -0.05) is 16.8 Å². The maximum absolute atomic E-state index is 12.2. The molecule has 0 aromatic carbocycles. The first-order valence-corrected chi connectivity index (χ1v) is 6.64. The molecule has 20 heavy (non-hydrogen) atoms. The molecule has 110 valence electrons. The number of carbonyl (C=O) groups excluding carboxylic acids is 1. The van der Waals surface area contributed by atoms with Crippen LogP contribution in [0.3, 0.4) is 0 Å². The van der Waals surface area contributed by atoms with Crippen molar-refractivity contribution in [3.63, 3.8) is 0 Å². The second-order valence-corrected chi connectivity index (χ2v) is 4.92. The summed E-state index contributed by atoms with van der Waals surface area (Å²) in [5, 5.41) is 12.6. The minimum absolute atomic E-state index is 0.111. The summed E-state index contributed by atoms with van der Waals surface area (Å²) < 4.78 is 10.1. The van der Waals surface area contributed by atoms with E-state index in [4.69, 9.17) is 26.0 Å². The first-order valence-electron chi connectivity index (χ1n) is 6.26. The molecule has 0 bridgehead atoms. The molecule has 1 N–H and O–H groups in total. The Morgan fingerprint density at radius 2 is 2.35 bits per heavy atom. The molecule has 1 amide bonds. The number of halogens is 1. The highest BCUT2D eigenvalue weighted by Crippen LogP contribution is 2.15. The largest absolute Gasteiger partial charge is 0.481 e. The van der Waals surface area contributed by atoms with Crippen molar-refractivity contribution < 1.29 is 24.0 Å². The van der Waals surface area contributed by atoms with E-state index in [1.807, 2.05) is 0 Å². The van der Waals surface area contributed by atoms with Crippen LogP contribution in [0.4, 0.5) is 0 Å². The van der Waals surface area contributed by atoms with Gasteiger partial charge in [0.1, 0.15) is 5.76 Å². The highest BCUT2D eigenvalue weighted by molar-refractivity contribution is 6.29. The molecule has 0 aliphatic carbocycles. The van der Waals surface area contributed by atoms with E-state index in [2.05, 4.69) is 5.16 Å². The third-order valence-corrected chi connectivity index (χ3v) is 3.25. The van der Waals surface area contributed by atoms with Crippen LogP contribution in [0.15, 0.2) is 10.6 Å². The third-order valence-electron chi connectivity index (χ3n) is 3.07. The molecule has 1 aliphatic rings. The SMILES string of the molecule is O=C(O)CC1COCCN1C(=O)CCc1cc(Cl)no1. The van der Waals surface area contributed by atoms with Crippen molar-refractivity contribution in [2.45, 2.75) is 25.3 Å². The fourth-order valence-electron chi connectivity index (χ4n) is 2.13. The third kappa shape index (κ3) is 3.94. The van der Waals surface area contributed by atoms with Crippen LogP contribution in [-0.4, -0.2) is 52.8 Å². The normalized spacial score (nSPS) is 19.1. The molecule has 1 aliphatic heterocycles. The average molecular weight is 303 g/mol. The van der Waals surface area contributed by atoms with Gasteiger partial charge in [0.2, 0.25) is 5.91 Å². The van der Waals surface area contributed by atoms with Crippen molar-refractivity contribution in [3.8, 4) is 0 Å². The van der Waals surface area contributed by atoms with Crippen LogP contribution in [-0.2, 0) is 20.7 Å². The van der Waals surface area contributed by atoms with E-state index in [0.29, 0.717) is 25.3 Å². The monoisotopic (exact) mass is 302 g/mol. The van der Waals surface area contributed by atoms with Gasteiger partial charge in [-0.2, -0.15) is 0 Å². The second-order valence-electron chi connectivity index (χ2n) is 4.53. The average Bonchev–Trinajstić information content (AvgIpc) is 2.82. The molecule has 1 fully saturated rings. The Bertz CT molecular complexity index is 490. The van der Waals surface area contributed by atoms with Gasteiger partial charge < -0.3 is 19.3 Å². The minimum atomic E-state index is -0.944. The van der Waals surface area contributed by atoms with Crippen LogP contribution in [0.25, 0.3) is 0 Å². The summed E-state index contributed by atoms with van der Waals surface area (Å²) in [5.41, 5.74) is 0. The number of morpholine rings is 1. The van der Waals surface area contributed by atoms with Crippen LogP contribution in [0.1, 0.15) is 18.6 Å². The van der Waals surface area contributed by atoms with Gasteiger partial charge in [-0.05, 0) is 0 Å². The molecule has 1 saturated heterocycles. The smallest absolute Gasteiger partial charge is 0.305 e. The van der Waals surface area contributed by atoms with Crippen molar-refractivity contribution in [1.82, 2.24) is 10.1 Å². The van der Waals surface area contributed by atoms with E-state index in [0.717, 1.165) is 0 Å². The lowest BCUT2D eigenvalue weighted by molar-refractivity contribution is -0.146. The number of hydrogen-bond acceptors (Lipinski definition) is 5. The Hall–Kier alpha value is -1.60. The van der Waals surface area contributed by atoms with Gasteiger partial charge in [0.15, 0.2) is 5.15 Å². The van der Waals surface area contributed by atoms with E-state index in [1.54, 1.807) is 11.0 Å². The quantitative estimate of drug-likeness (QED) is 0.871. The summed E-state index contributed by atoms with van der Waals surface area (Å²) in [5.74, 6) is -0.529. The molecule has 2 heterocycles. The van der Waals surface area contributed by atoms with Crippen LogP contribution in [0.5, 0.6) is 0 Å². The molecule has 1 atom stereocenters. The molecule has 0 spiro atoms. The fraction of sp³-hybridized carbons (Fsp3) is 0.583. The predicted molar refractivity (Wildman–Crippen MR) is 68.4 cm³/mol. The number of aromatic nitrogens is 1. The number of carbonyl (C=O) groups is 2. The van der Waals surface area contributed by atoms with Gasteiger partial charge in [0, 0.05) is 25.5 Å². The first-order chi connectivity index (χ1) is 9.56. The van der Waals surface area contributed by atoms with Gasteiger partial charge in [-0.15, -0.1) is 0 Å². The van der Waals surface area contributed by atoms with Crippen LogP contribution < -0.4 is 0 Å². The standard InChI is InChI=1S/C12H15ClN2O5/c13-10-6-9(20-14-10)1-2-11(16)15-3-4-19-7-8(15)5-12(17)18/h6,8H,1-5,7H2,(H,17,18). The Morgan fingerprint density at radius 1 is 1.55 bits per heavy atom.